The molecule has 0 rings (SSSR count). The van der Waals surface area contributed by atoms with Crippen LogP contribution in [-0.2, 0) is 13.7 Å². The summed E-state index contributed by atoms with van der Waals surface area (Å²) in [5, 5.41) is -1.53. The molecule has 22 heavy (non-hydrogen) atoms. The molecular formula is C12H30LaO6P3. The molecule has 3 unspecified atom stereocenters. The third-order valence-electron chi connectivity index (χ3n) is 1.84. The van der Waals surface area contributed by atoms with Crippen molar-refractivity contribution in [2.75, 3.05) is 0 Å². The van der Waals surface area contributed by atoms with Gasteiger partial charge >= 0.3 is 35.6 Å². The summed E-state index contributed by atoms with van der Waals surface area (Å²) in [7, 11) is -7.65. The Morgan fingerprint density at radius 1 is 0.500 bits per heavy atom. The van der Waals surface area contributed by atoms with Crippen LogP contribution in [0.3, 0.4) is 0 Å². The molecule has 132 valence electrons. The average Bonchev–Trinajstić information content (AvgIpc) is 2.14. The van der Waals surface area contributed by atoms with Gasteiger partial charge in [0.1, 0.15) is 0 Å². The summed E-state index contributed by atoms with van der Waals surface area (Å²) < 4.78 is 30.3. The third kappa shape index (κ3) is 24.0. The molecule has 0 saturated carbocycles. The van der Waals surface area contributed by atoms with E-state index in [1.807, 2.05) is 0 Å². The van der Waals surface area contributed by atoms with Crippen molar-refractivity contribution in [1.29, 1.82) is 0 Å². The molecule has 6 nitrogen and oxygen atoms in total. The predicted molar refractivity (Wildman–Crippen MR) is 86.3 cm³/mol. The van der Waals surface area contributed by atoms with Crippen LogP contribution in [0.2, 0.25) is 0 Å². The standard InChI is InChI=1S/3C4H11O2P.La/c3*1-4(2,3)7(5)6;/h3*7H,1-3H3,(H,5,6);/q;;;+3/p-3. The normalized spacial score (nSPS) is 15.8. The van der Waals surface area contributed by atoms with E-state index < -0.39 is 39.6 Å². The van der Waals surface area contributed by atoms with Gasteiger partial charge in [0.25, 0.3) is 0 Å². The molecule has 0 spiro atoms. The van der Waals surface area contributed by atoms with Crippen molar-refractivity contribution < 1.29 is 64.0 Å². The molecule has 0 aromatic carbocycles. The molecule has 0 fully saturated rings. The van der Waals surface area contributed by atoms with Crippen LogP contribution in [0.1, 0.15) is 62.3 Å². The molecule has 0 N–H and O–H groups in total. The molecular weight excluding hydrogens is 472 g/mol. The molecule has 10 heteroatoms. The summed E-state index contributed by atoms with van der Waals surface area (Å²) >= 11 is 0. The van der Waals surface area contributed by atoms with E-state index >= 15 is 0 Å². The van der Waals surface area contributed by atoms with Crippen LogP contribution < -0.4 is 14.7 Å². The van der Waals surface area contributed by atoms with Crippen molar-refractivity contribution >= 4 is 24.1 Å². The molecule has 0 heterocycles. The van der Waals surface area contributed by atoms with Crippen molar-refractivity contribution in [3.63, 3.8) is 0 Å². The zero-order valence-electron chi connectivity index (χ0n) is 15.0. The average molecular weight is 502 g/mol. The summed E-state index contributed by atoms with van der Waals surface area (Å²) in [6, 6.07) is 0. The minimum atomic E-state index is -2.55. The maximum Gasteiger partial charge on any atom is 3.00 e. The van der Waals surface area contributed by atoms with E-state index in [0.717, 1.165) is 0 Å². The minimum Gasteiger partial charge on any atom is -0.801 e. The fraction of sp³-hybridized carbons (Fsp3) is 1.00. The van der Waals surface area contributed by atoms with Crippen molar-refractivity contribution in [3.8, 4) is 0 Å². The van der Waals surface area contributed by atoms with Gasteiger partial charge in [-0.25, -0.2) is 0 Å². The molecule has 0 amide bonds. The summed E-state index contributed by atoms with van der Waals surface area (Å²) in [4.78, 5) is 30.3. The van der Waals surface area contributed by atoms with E-state index in [-0.39, 0.29) is 35.6 Å². The first-order chi connectivity index (χ1) is 8.83. The van der Waals surface area contributed by atoms with Gasteiger partial charge in [0, 0.05) is 39.6 Å². The Morgan fingerprint density at radius 3 is 0.545 bits per heavy atom. The predicted octanol–water partition coefficient (Wildman–Crippen LogP) is 1.86. The monoisotopic (exact) mass is 502 g/mol. The van der Waals surface area contributed by atoms with Gasteiger partial charge in [-0.2, -0.15) is 0 Å². The van der Waals surface area contributed by atoms with Crippen molar-refractivity contribution in [2.24, 2.45) is 0 Å². The summed E-state index contributed by atoms with van der Waals surface area (Å²) in [5.74, 6) is 0. The molecule has 0 aliphatic carbocycles. The first-order valence-corrected chi connectivity index (χ1v) is 10.4. The van der Waals surface area contributed by atoms with Gasteiger partial charge in [0.05, 0.1) is 0 Å². The van der Waals surface area contributed by atoms with E-state index in [9.17, 15) is 28.4 Å². The zero-order chi connectivity index (χ0) is 18.2. The summed E-state index contributed by atoms with van der Waals surface area (Å²) in [5.41, 5.74) is 0. The maximum absolute atomic E-state index is 10.1. The van der Waals surface area contributed by atoms with Gasteiger partial charge in [0.15, 0.2) is 0 Å². The van der Waals surface area contributed by atoms with E-state index in [1.54, 1.807) is 62.3 Å². The van der Waals surface area contributed by atoms with Crippen LogP contribution in [0, 0.1) is 35.6 Å². The Balaban J connectivity index is -0.000000108. The van der Waals surface area contributed by atoms with E-state index in [4.69, 9.17) is 0 Å². The maximum atomic E-state index is 10.1. The third-order valence-corrected chi connectivity index (χ3v) is 5.51. The van der Waals surface area contributed by atoms with Gasteiger partial charge in [0.2, 0.25) is 0 Å². The second-order valence-electron chi connectivity index (χ2n) is 7.61. The Morgan fingerprint density at radius 2 is 0.545 bits per heavy atom. The Kier molecular flexibility index (Phi) is 18.7. The van der Waals surface area contributed by atoms with E-state index in [1.165, 1.54) is 0 Å². The van der Waals surface area contributed by atoms with E-state index in [0.29, 0.717) is 0 Å². The second-order valence-corrected chi connectivity index (χ2v) is 13.8. The van der Waals surface area contributed by atoms with Crippen LogP contribution in [0.5, 0.6) is 0 Å². The first-order valence-electron chi connectivity index (χ1n) is 6.47. The van der Waals surface area contributed by atoms with Gasteiger partial charge in [-0.15, -0.1) is 0 Å². The van der Waals surface area contributed by atoms with Gasteiger partial charge in [-0.1, -0.05) is 62.3 Å². The van der Waals surface area contributed by atoms with Crippen LogP contribution in [0.4, 0.5) is 0 Å². The zero-order valence-corrected chi connectivity index (χ0v) is 21.7. The van der Waals surface area contributed by atoms with E-state index in [2.05, 4.69) is 0 Å². The van der Waals surface area contributed by atoms with Gasteiger partial charge in [-0.3, -0.25) is 0 Å². The quantitative estimate of drug-likeness (QED) is 0.467. The van der Waals surface area contributed by atoms with Crippen LogP contribution in [0.15, 0.2) is 0 Å². The van der Waals surface area contributed by atoms with Crippen molar-refractivity contribution in [2.45, 2.75) is 77.8 Å². The SMILES string of the molecule is CC(C)(C)[PH](=O)[O-].CC(C)(C)[PH](=O)[O-].CC(C)(C)[PH](=O)[O-].[La+3]. The number of hydrogen-bond donors (Lipinski definition) is 0. The minimum absolute atomic E-state index is 0. The number of hydrogen-bond acceptors (Lipinski definition) is 6. The van der Waals surface area contributed by atoms with Crippen molar-refractivity contribution in [1.82, 2.24) is 0 Å². The van der Waals surface area contributed by atoms with Crippen LogP contribution in [0.25, 0.3) is 0 Å². The van der Waals surface area contributed by atoms with Gasteiger partial charge < -0.3 is 28.4 Å². The topological polar surface area (TPSA) is 120 Å². The van der Waals surface area contributed by atoms with Crippen LogP contribution >= 0.6 is 24.1 Å². The summed E-state index contributed by atoms with van der Waals surface area (Å²) in [6.45, 7) is 15.1. The first kappa shape index (κ1) is 31.5. The number of rotatable bonds is 0. The van der Waals surface area contributed by atoms with Crippen LogP contribution in [-0.4, -0.2) is 15.5 Å². The second kappa shape index (κ2) is 13.0. The largest absolute Gasteiger partial charge is 3.00 e. The fourth-order valence-electron chi connectivity index (χ4n) is 0. The molecule has 0 aromatic heterocycles. The molecule has 0 radical (unpaired) electrons. The molecule has 0 aliphatic heterocycles. The van der Waals surface area contributed by atoms with Crippen molar-refractivity contribution in [3.05, 3.63) is 0 Å². The van der Waals surface area contributed by atoms with Gasteiger partial charge in [-0.05, 0) is 0 Å². The molecule has 0 aromatic rings. The Labute approximate surface area is 165 Å². The Bertz CT molecular complexity index is 309. The Hall–Kier alpha value is 1.76. The molecule has 3 atom stereocenters. The fourth-order valence-corrected chi connectivity index (χ4v) is 0. The smallest absolute Gasteiger partial charge is 0.801 e. The molecule has 0 saturated heterocycles. The molecule has 0 bridgehead atoms. The molecule has 0 aliphatic rings. The summed E-state index contributed by atoms with van der Waals surface area (Å²) in [6.07, 6.45) is 0.